The Hall–Kier alpha value is -4.61. The summed E-state index contributed by atoms with van der Waals surface area (Å²) in [5.41, 5.74) is 2.03. The van der Waals surface area contributed by atoms with Crippen LogP contribution in [-0.4, -0.2) is 59.7 Å². The number of unbranched alkanes of at least 4 members (excludes halogenated alkanes) is 2. The van der Waals surface area contributed by atoms with E-state index in [9.17, 15) is 16.8 Å². The molecule has 2 aromatic carbocycles. The normalized spacial score (nSPS) is 12.6. The first-order valence-electron chi connectivity index (χ1n) is 26.9. The highest BCUT2D eigenvalue weighted by molar-refractivity contribution is 8.13. The van der Waals surface area contributed by atoms with Crippen LogP contribution in [0.3, 0.4) is 0 Å². The molecule has 0 fully saturated rings. The van der Waals surface area contributed by atoms with E-state index in [1.165, 1.54) is 31.8 Å². The number of benzene rings is 2. The quantitative estimate of drug-likeness (QED) is 0.0318. The average Bonchev–Trinajstić information content (AvgIpc) is 3.38. The standard InChI is InChI=1S/C29H40O3S.C22H34O.C7H7ClO2S.C6H15N.CH4/c1-3-4-5-6-7-8-9-10-11-12-13-14-15-16-17-18-19-20-21-22-27-32-33(30,31)29-25-23-28(2)24-26-29;1-2-3-4-5-6-7-8-9-10-11-12-13-14-15-16-17-18-19-20-21-22-23;1-6-2-4-7(5-3-6)11(8,9)10;1-4-7(5-2)6-3;/h4-5,7-8,10-11,13-14,16-17,19-20,23-26H,3,6,9,12,15,18,21-22,27H2,1-2H3;3-4,6-7,9-10,12-13,15-16,18-19,23H,2,5,8,11,14,17,20-22H2,1H3;2-5H,1H3;4-6H2,1-3H3;1H4/b5-4-,8-7-,11-10-,14-13-,17-16-,20-19-;4-3-,7-6-,10-9-,13-12-,16-15-,19-18-;;;. The first kappa shape index (κ1) is 74.6. The fraction of sp³-hybridized carbons (Fsp3) is 0.446. The van der Waals surface area contributed by atoms with Crippen molar-refractivity contribution in [2.45, 2.75) is 168 Å². The second kappa shape index (κ2) is 55.6. The molecule has 0 heterocycles. The van der Waals surface area contributed by atoms with Gasteiger partial charge in [0.05, 0.1) is 16.4 Å². The topological polar surface area (TPSA) is 101 Å². The molecular weight excluding hydrogens is 990 g/mol. The van der Waals surface area contributed by atoms with E-state index < -0.39 is 19.2 Å². The first-order valence-corrected chi connectivity index (χ1v) is 30.6. The maximum Gasteiger partial charge on any atom is 0.296 e. The summed E-state index contributed by atoms with van der Waals surface area (Å²) in [6.07, 6.45) is 67.9. The van der Waals surface area contributed by atoms with Gasteiger partial charge in [-0.25, -0.2) is 8.42 Å². The lowest BCUT2D eigenvalue weighted by atomic mass is 10.2. The van der Waals surface area contributed by atoms with Crippen LogP contribution < -0.4 is 0 Å². The number of halogens is 1. The Morgan fingerprint density at radius 2 is 0.693 bits per heavy atom. The van der Waals surface area contributed by atoms with Crippen molar-refractivity contribution >= 4 is 29.9 Å². The van der Waals surface area contributed by atoms with E-state index >= 15 is 0 Å². The molecule has 0 amide bonds. The zero-order valence-corrected chi connectivity index (χ0v) is 48.8. The lowest BCUT2D eigenvalue weighted by Crippen LogP contribution is -2.21. The van der Waals surface area contributed by atoms with Crippen LogP contribution in [0.4, 0.5) is 0 Å². The van der Waals surface area contributed by atoms with Gasteiger partial charge in [0.25, 0.3) is 19.2 Å². The third kappa shape index (κ3) is 52.6. The minimum absolute atomic E-state index is 0. The molecule has 0 aliphatic heterocycles. The predicted octanol–water partition coefficient (Wildman–Crippen LogP) is 18.5. The van der Waals surface area contributed by atoms with Crippen molar-refractivity contribution < 1.29 is 26.1 Å². The molecule has 75 heavy (non-hydrogen) atoms. The summed E-state index contributed by atoms with van der Waals surface area (Å²) in [5, 5.41) is 8.64. The molecule has 2 aromatic rings. The Labute approximate surface area is 465 Å². The van der Waals surface area contributed by atoms with E-state index in [0.29, 0.717) is 6.42 Å². The number of hydrogen-bond donors (Lipinski definition) is 1. The van der Waals surface area contributed by atoms with Crippen LogP contribution in [0.25, 0.3) is 0 Å². The maximum absolute atomic E-state index is 12.1. The molecule has 0 radical (unpaired) electrons. The van der Waals surface area contributed by atoms with Gasteiger partial charge >= 0.3 is 0 Å². The fourth-order valence-corrected chi connectivity index (χ4v) is 7.72. The van der Waals surface area contributed by atoms with Gasteiger partial charge < -0.3 is 10.0 Å². The molecule has 0 atom stereocenters. The number of aliphatic hydroxyl groups is 1. The highest BCUT2D eigenvalue weighted by Crippen LogP contribution is 2.15. The predicted molar refractivity (Wildman–Crippen MR) is 331 cm³/mol. The molecule has 10 heteroatoms. The molecule has 0 aromatic heterocycles. The van der Waals surface area contributed by atoms with Crippen molar-refractivity contribution in [1.29, 1.82) is 0 Å². The van der Waals surface area contributed by atoms with Gasteiger partial charge in [-0.3, -0.25) is 4.18 Å². The number of hydrogen-bond acceptors (Lipinski definition) is 7. The molecule has 0 aliphatic rings. The summed E-state index contributed by atoms with van der Waals surface area (Å²) in [6.45, 7) is 18.7. The third-order valence-electron chi connectivity index (χ3n) is 10.4. The third-order valence-corrected chi connectivity index (χ3v) is 13.1. The van der Waals surface area contributed by atoms with Crippen molar-refractivity contribution in [3.63, 3.8) is 0 Å². The van der Waals surface area contributed by atoms with Crippen LogP contribution in [0.15, 0.2) is 204 Å². The number of aryl methyl sites for hydroxylation is 2. The van der Waals surface area contributed by atoms with E-state index in [-0.39, 0.29) is 30.4 Å². The Morgan fingerprint density at radius 1 is 0.427 bits per heavy atom. The van der Waals surface area contributed by atoms with Crippen LogP contribution in [0.2, 0.25) is 0 Å². The van der Waals surface area contributed by atoms with E-state index in [1.54, 1.807) is 36.4 Å². The Morgan fingerprint density at radius 3 is 0.947 bits per heavy atom. The summed E-state index contributed by atoms with van der Waals surface area (Å²) in [7, 11) is -2.12. The van der Waals surface area contributed by atoms with E-state index in [1.807, 2.05) is 13.8 Å². The number of rotatable bonds is 35. The van der Waals surface area contributed by atoms with Crippen LogP contribution >= 0.6 is 10.7 Å². The highest BCUT2D eigenvalue weighted by atomic mass is 35.7. The zero-order valence-electron chi connectivity index (χ0n) is 46.5. The minimum atomic E-state index is -3.65. The Balaban J connectivity index is -0.00000106. The van der Waals surface area contributed by atoms with E-state index in [2.05, 4.69) is 185 Å². The van der Waals surface area contributed by atoms with Crippen molar-refractivity contribution in [2.24, 2.45) is 0 Å². The molecule has 2 rings (SSSR count). The lowest BCUT2D eigenvalue weighted by Gasteiger charge is -2.13. The van der Waals surface area contributed by atoms with Crippen molar-refractivity contribution in [2.75, 3.05) is 32.8 Å². The molecule has 1 N–H and O–H groups in total. The van der Waals surface area contributed by atoms with E-state index in [0.717, 1.165) is 107 Å². The number of aliphatic hydroxyl groups excluding tert-OH is 1. The van der Waals surface area contributed by atoms with Gasteiger partial charge in [-0.05, 0) is 160 Å². The second-order valence-electron chi connectivity index (χ2n) is 16.8. The van der Waals surface area contributed by atoms with Crippen LogP contribution in [0.1, 0.15) is 156 Å². The summed E-state index contributed by atoms with van der Waals surface area (Å²) in [5.74, 6) is 0. The minimum Gasteiger partial charge on any atom is -0.396 e. The van der Waals surface area contributed by atoms with Gasteiger partial charge in [-0.2, -0.15) is 8.42 Å². The SMILES string of the molecule is C.CC/C=C\C/C=C\C/C=C\C/C=C\C/C=C\C/C=C\CCCO.CC/C=C\C/C=C\C/C=C\C/C=C\C/C=C\C/C=C\CCCOS(=O)(=O)c1ccc(C)cc1.CCN(CC)CC.Cc1ccc(S(=O)(=O)Cl)cc1. The summed E-state index contributed by atoms with van der Waals surface area (Å²) >= 11 is 0. The molecule has 420 valence electrons. The van der Waals surface area contributed by atoms with Crippen molar-refractivity contribution in [3.05, 3.63) is 205 Å². The van der Waals surface area contributed by atoms with Gasteiger partial charge in [0.15, 0.2) is 0 Å². The fourth-order valence-electron chi connectivity index (χ4n) is 6.00. The molecule has 7 nitrogen and oxygen atoms in total. The van der Waals surface area contributed by atoms with Crippen molar-refractivity contribution in [1.82, 2.24) is 4.90 Å². The molecule has 0 bridgehead atoms. The molecule has 0 aliphatic carbocycles. The highest BCUT2D eigenvalue weighted by Gasteiger charge is 2.14. The summed E-state index contributed by atoms with van der Waals surface area (Å²) in [4.78, 5) is 2.73. The van der Waals surface area contributed by atoms with Gasteiger partial charge in [0.1, 0.15) is 0 Å². The first-order chi connectivity index (χ1) is 35.8. The van der Waals surface area contributed by atoms with Crippen LogP contribution in [0.5, 0.6) is 0 Å². The van der Waals surface area contributed by atoms with Gasteiger partial charge in [0, 0.05) is 17.3 Å². The molecule has 0 saturated carbocycles. The van der Waals surface area contributed by atoms with Crippen LogP contribution in [-0.2, 0) is 23.4 Å². The lowest BCUT2D eigenvalue weighted by molar-refractivity contribution is 0.289. The summed E-state index contributed by atoms with van der Waals surface area (Å²) < 4.78 is 50.7. The Kier molecular flexibility index (Phi) is 55.3. The monoisotopic (exact) mass is 1090 g/mol. The molecule has 0 spiro atoms. The van der Waals surface area contributed by atoms with Gasteiger partial charge in [-0.1, -0.05) is 223 Å². The van der Waals surface area contributed by atoms with Gasteiger partial charge in [0.2, 0.25) is 0 Å². The average molecular weight is 1090 g/mol. The zero-order chi connectivity index (χ0) is 55.1. The molecule has 0 saturated heterocycles. The van der Waals surface area contributed by atoms with Gasteiger partial charge in [-0.15, -0.1) is 0 Å². The van der Waals surface area contributed by atoms with Crippen molar-refractivity contribution in [3.8, 4) is 0 Å². The Bertz CT molecular complexity index is 2200. The smallest absolute Gasteiger partial charge is 0.296 e. The molecule has 0 unspecified atom stereocenters. The largest absolute Gasteiger partial charge is 0.396 e. The second-order valence-corrected chi connectivity index (χ2v) is 21.0. The summed E-state index contributed by atoms with van der Waals surface area (Å²) in [6, 6.07) is 13.1. The maximum atomic E-state index is 12.1. The molecular formula is C65H100ClNO6S2. The van der Waals surface area contributed by atoms with Crippen LogP contribution in [0, 0.1) is 13.8 Å². The van der Waals surface area contributed by atoms with E-state index in [4.69, 9.17) is 20.0 Å². The number of allylic oxidation sites excluding steroid dienone is 24. The number of nitrogens with zero attached hydrogens (tertiary/aromatic N) is 1.